The van der Waals surface area contributed by atoms with Crippen LogP contribution in [-0.4, -0.2) is 58.8 Å². The number of amides is 1. The van der Waals surface area contributed by atoms with Crippen molar-refractivity contribution in [2.75, 3.05) is 25.4 Å². The van der Waals surface area contributed by atoms with E-state index in [4.69, 9.17) is 0 Å². The van der Waals surface area contributed by atoms with Crippen molar-refractivity contribution < 1.29 is 13.2 Å². The number of rotatable bonds is 12. The summed E-state index contributed by atoms with van der Waals surface area (Å²) < 4.78 is 29.3. The van der Waals surface area contributed by atoms with E-state index in [1.807, 2.05) is 31.4 Å². The van der Waals surface area contributed by atoms with Gasteiger partial charge in [-0.2, -0.15) is 4.31 Å². The van der Waals surface area contributed by atoms with Crippen molar-refractivity contribution in [1.82, 2.24) is 24.4 Å². The molecule has 2 rings (SSSR count). The molecule has 31 heavy (non-hydrogen) atoms. The molecule has 1 aromatic carbocycles. The molecule has 1 aromatic heterocycles. The summed E-state index contributed by atoms with van der Waals surface area (Å²) >= 11 is 1.34. The number of thioether (sulfide) groups is 1. The van der Waals surface area contributed by atoms with E-state index < -0.39 is 10.0 Å². The lowest BCUT2D eigenvalue weighted by molar-refractivity contribution is -0.118. The monoisotopic (exact) mass is 467 g/mol. The molecule has 0 aliphatic heterocycles. The second kappa shape index (κ2) is 11.6. The fourth-order valence-corrected chi connectivity index (χ4v) is 5.48. The topological polar surface area (TPSA) is 97.2 Å². The third kappa shape index (κ3) is 6.08. The molecule has 1 atom stereocenters. The number of benzene rings is 1. The molecule has 8 nitrogen and oxygen atoms in total. The SMILES string of the molecule is CCCNC(=O)CSc1nnc(-c2cccc(S(=O)(=O)N(CC)CC)c2)n1C(C)CC. The largest absolute Gasteiger partial charge is 0.355 e. The third-order valence-corrected chi connectivity index (χ3v) is 8.03. The Labute approximate surface area is 189 Å². The van der Waals surface area contributed by atoms with E-state index in [1.165, 1.54) is 16.1 Å². The summed E-state index contributed by atoms with van der Waals surface area (Å²) in [4.78, 5) is 12.3. The van der Waals surface area contributed by atoms with Crippen LogP contribution in [-0.2, 0) is 14.8 Å². The summed E-state index contributed by atoms with van der Waals surface area (Å²) in [5.41, 5.74) is 0.684. The van der Waals surface area contributed by atoms with Crippen LogP contribution in [0.4, 0.5) is 0 Å². The lowest BCUT2D eigenvalue weighted by Gasteiger charge is -2.19. The molecule has 172 valence electrons. The highest BCUT2D eigenvalue weighted by atomic mass is 32.2. The maximum Gasteiger partial charge on any atom is 0.243 e. The van der Waals surface area contributed by atoms with E-state index in [-0.39, 0.29) is 22.6 Å². The van der Waals surface area contributed by atoms with Crippen LogP contribution in [0, 0.1) is 0 Å². The Morgan fingerprint density at radius 3 is 2.52 bits per heavy atom. The van der Waals surface area contributed by atoms with E-state index >= 15 is 0 Å². The average molecular weight is 468 g/mol. The number of hydrogen-bond acceptors (Lipinski definition) is 6. The summed E-state index contributed by atoms with van der Waals surface area (Å²) in [6.45, 7) is 11.3. The first-order valence-corrected chi connectivity index (χ1v) is 13.2. The van der Waals surface area contributed by atoms with Crippen LogP contribution in [0.25, 0.3) is 11.4 Å². The van der Waals surface area contributed by atoms with Crippen LogP contribution < -0.4 is 5.32 Å². The Hall–Kier alpha value is -1.91. The van der Waals surface area contributed by atoms with Gasteiger partial charge in [-0.15, -0.1) is 10.2 Å². The lowest BCUT2D eigenvalue weighted by Crippen LogP contribution is -2.30. The highest BCUT2D eigenvalue weighted by molar-refractivity contribution is 7.99. The van der Waals surface area contributed by atoms with Crippen LogP contribution in [0.15, 0.2) is 34.3 Å². The first kappa shape index (κ1) is 25.4. The molecule has 0 radical (unpaired) electrons. The van der Waals surface area contributed by atoms with Crippen molar-refractivity contribution in [3.05, 3.63) is 24.3 Å². The van der Waals surface area contributed by atoms with Gasteiger partial charge in [0.05, 0.1) is 10.6 Å². The predicted molar refractivity (Wildman–Crippen MR) is 125 cm³/mol. The van der Waals surface area contributed by atoms with Crippen LogP contribution in [0.2, 0.25) is 0 Å². The molecular weight excluding hydrogens is 434 g/mol. The number of sulfonamides is 1. The van der Waals surface area contributed by atoms with E-state index in [0.717, 1.165) is 12.8 Å². The number of carbonyl (C=O) groups is 1. The molecule has 0 saturated carbocycles. The van der Waals surface area contributed by atoms with E-state index in [2.05, 4.69) is 29.4 Å². The number of nitrogens with zero attached hydrogens (tertiary/aromatic N) is 4. The van der Waals surface area contributed by atoms with E-state index in [0.29, 0.717) is 36.2 Å². The van der Waals surface area contributed by atoms with Gasteiger partial charge in [-0.1, -0.05) is 51.6 Å². The molecule has 1 amide bonds. The maximum atomic E-state index is 13.0. The van der Waals surface area contributed by atoms with Crippen molar-refractivity contribution in [3.63, 3.8) is 0 Å². The lowest BCUT2D eigenvalue weighted by atomic mass is 10.2. The summed E-state index contributed by atoms with van der Waals surface area (Å²) in [5, 5.41) is 12.2. The Kier molecular flexibility index (Phi) is 9.52. The van der Waals surface area contributed by atoms with Gasteiger partial charge in [0, 0.05) is 31.2 Å². The average Bonchev–Trinajstić information content (AvgIpc) is 3.20. The smallest absolute Gasteiger partial charge is 0.243 e. The summed E-state index contributed by atoms with van der Waals surface area (Å²) in [6.07, 6.45) is 1.73. The minimum atomic E-state index is -3.58. The van der Waals surface area contributed by atoms with E-state index in [1.54, 1.807) is 18.2 Å². The molecule has 0 saturated heterocycles. The van der Waals surface area contributed by atoms with Gasteiger partial charge >= 0.3 is 0 Å². The van der Waals surface area contributed by atoms with Crippen molar-refractivity contribution in [3.8, 4) is 11.4 Å². The van der Waals surface area contributed by atoms with Gasteiger partial charge in [-0.05, 0) is 31.9 Å². The summed E-state index contributed by atoms with van der Waals surface area (Å²) in [7, 11) is -3.58. The highest BCUT2D eigenvalue weighted by Crippen LogP contribution is 2.30. The Bertz CT molecular complexity index is 971. The third-order valence-electron chi connectivity index (χ3n) is 5.04. The molecule has 10 heteroatoms. The van der Waals surface area contributed by atoms with Gasteiger partial charge in [-0.25, -0.2) is 8.42 Å². The minimum Gasteiger partial charge on any atom is -0.355 e. The van der Waals surface area contributed by atoms with Gasteiger partial charge in [0.2, 0.25) is 15.9 Å². The minimum absolute atomic E-state index is 0.0422. The fraction of sp³-hybridized carbons (Fsp3) is 0.571. The van der Waals surface area contributed by atoms with Crippen LogP contribution in [0.5, 0.6) is 0 Å². The van der Waals surface area contributed by atoms with Crippen molar-refractivity contribution in [2.45, 2.75) is 63.6 Å². The predicted octanol–water partition coefficient (Wildman–Crippen LogP) is 3.56. The number of carbonyl (C=O) groups excluding carboxylic acids is 1. The van der Waals surface area contributed by atoms with Gasteiger partial charge in [0.25, 0.3) is 0 Å². The zero-order chi connectivity index (χ0) is 23.0. The van der Waals surface area contributed by atoms with E-state index in [9.17, 15) is 13.2 Å². The van der Waals surface area contributed by atoms with Gasteiger partial charge in [0.15, 0.2) is 11.0 Å². The molecule has 1 heterocycles. The zero-order valence-corrected chi connectivity index (χ0v) is 20.6. The summed E-state index contributed by atoms with van der Waals surface area (Å²) in [5.74, 6) is 0.812. The molecule has 0 fully saturated rings. The first-order valence-electron chi connectivity index (χ1n) is 10.7. The molecule has 0 aliphatic carbocycles. The normalized spacial score (nSPS) is 12.8. The first-order chi connectivity index (χ1) is 14.8. The Morgan fingerprint density at radius 2 is 1.90 bits per heavy atom. The van der Waals surface area contributed by atoms with Crippen molar-refractivity contribution in [1.29, 1.82) is 0 Å². The zero-order valence-electron chi connectivity index (χ0n) is 19.0. The van der Waals surface area contributed by atoms with Gasteiger partial charge in [0.1, 0.15) is 0 Å². The Morgan fingerprint density at radius 1 is 1.19 bits per heavy atom. The number of hydrogen-bond donors (Lipinski definition) is 1. The van der Waals surface area contributed by atoms with Crippen LogP contribution >= 0.6 is 11.8 Å². The number of nitrogens with one attached hydrogen (secondary N) is 1. The second-order valence-corrected chi connectivity index (χ2v) is 10.1. The van der Waals surface area contributed by atoms with Crippen molar-refractivity contribution in [2.24, 2.45) is 0 Å². The molecule has 0 aliphatic rings. The molecule has 2 aromatic rings. The molecule has 1 unspecified atom stereocenters. The van der Waals surface area contributed by atoms with Crippen molar-refractivity contribution >= 4 is 27.7 Å². The maximum absolute atomic E-state index is 13.0. The quantitative estimate of drug-likeness (QED) is 0.479. The second-order valence-electron chi connectivity index (χ2n) is 7.19. The number of aromatic nitrogens is 3. The van der Waals surface area contributed by atoms with Gasteiger partial charge in [-0.3, -0.25) is 9.36 Å². The molecule has 0 bridgehead atoms. The standard InChI is InChI=1S/C21H33N5O3S2/c1-6-13-22-19(27)15-30-21-24-23-20(26(21)16(5)7-2)17-11-10-12-18(14-17)31(28,29)25(8-3)9-4/h10-12,14,16H,6-9,13,15H2,1-5H3,(H,22,27). The molecule has 0 spiro atoms. The Balaban J connectivity index is 2.40. The molecule has 1 N–H and O–H groups in total. The van der Waals surface area contributed by atoms with Crippen LogP contribution in [0.3, 0.4) is 0 Å². The highest BCUT2D eigenvalue weighted by Gasteiger charge is 2.24. The molecular formula is C21H33N5O3S2. The van der Waals surface area contributed by atoms with Crippen LogP contribution in [0.1, 0.15) is 53.5 Å². The fourth-order valence-electron chi connectivity index (χ4n) is 3.11. The van der Waals surface area contributed by atoms with Gasteiger partial charge < -0.3 is 5.32 Å². The summed E-state index contributed by atoms with van der Waals surface area (Å²) in [6, 6.07) is 6.92.